The molecule has 0 aliphatic rings. The Hall–Kier alpha value is -5.24. The fraction of sp³-hybridized carbons (Fsp3) is 0.278. The molecule has 0 aliphatic carbocycles. The van der Waals surface area contributed by atoms with E-state index in [0.717, 1.165) is 41.4 Å². The summed E-state index contributed by atoms with van der Waals surface area (Å²) in [6.45, 7) is 3.65. The molecule has 0 radical (unpaired) electrons. The van der Waals surface area contributed by atoms with Crippen LogP contribution in [0.2, 0.25) is 5.02 Å². The predicted molar refractivity (Wildman–Crippen MR) is 198 cm³/mol. The first-order valence-corrected chi connectivity index (χ1v) is 17.0. The van der Waals surface area contributed by atoms with E-state index in [1.807, 2.05) is 55.5 Å². The summed E-state index contributed by atoms with van der Waals surface area (Å²) in [6.07, 6.45) is 4.85. The normalized spacial score (nSPS) is 12.7. The van der Waals surface area contributed by atoms with E-state index in [2.05, 4.69) is 35.9 Å². The average molecular weight is 698 g/mol. The van der Waals surface area contributed by atoms with Gasteiger partial charge in [0, 0.05) is 48.9 Å². The van der Waals surface area contributed by atoms with Gasteiger partial charge in [0.25, 0.3) is 0 Å². The summed E-state index contributed by atoms with van der Waals surface area (Å²) in [5, 5.41) is 18.0. The highest BCUT2D eigenvalue weighted by Gasteiger charge is 2.16. The summed E-state index contributed by atoms with van der Waals surface area (Å²) < 4.78 is 16.7. The number of H-pyrrole nitrogens is 2. The Morgan fingerprint density at radius 3 is 2.62 bits per heavy atom. The minimum atomic E-state index is -0.531. The molecule has 2 atom stereocenters. The van der Waals surface area contributed by atoms with Crippen molar-refractivity contribution in [1.29, 1.82) is 5.41 Å². The van der Waals surface area contributed by atoms with Crippen LogP contribution in [0.4, 0.5) is 10.3 Å². The molecule has 6 rings (SSSR count). The largest absolute Gasteiger partial charge is 0.370 e. The van der Waals surface area contributed by atoms with Crippen molar-refractivity contribution in [3.05, 3.63) is 105 Å². The van der Waals surface area contributed by atoms with Crippen LogP contribution < -0.4 is 33.1 Å². The predicted octanol–water partition coefficient (Wildman–Crippen LogP) is 5.16. The van der Waals surface area contributed by atoms with Crippen molar-refractivity contribution in [2.45, 2.75) is 51.2 Å². The average Bonchev–Trinajstić information content (AvgIpc) is 3.70. The minimum absolute atomic E-state index is 0.0294. The zero-order valence-electron chi connectivity index (χ0n) is 27.7. The van der Waals surface area contributed by atoms with E-state index in [9.17, 15) is 4.79 Å². The van der Waals surface area contributed by atoms with Crippen LogP contribution >= 0.6 is 11.6 Å². The second-order valence-electron chi connectivity index (χ2n) is 12.5. The van der Waals surface area contributed by atoms with Gasteiger partial charge in [0.2, 0.25) is 5.95 Å². The van der Waals surface area contributed by atoms with Gasteiger partial charge >= 0.3 is 5.69 Å². The summed E-state index contributed by atoms with van der Waals surface area (Å²) >= 11 is 6.27. The van der Waals surface area contributed by atoms with Crippen LogP contribution in [0.1, 0.15) is 37.3 Å². The Kier molecular flexibility index (Phi) is 10.8. The van der Waals surface area contributed by atoms with Crippen LogP contribution in [0.15, 0.2) is 77.7 Å². The molecule has 0 amide bonds. The number of aryl methyl sites for hydroxylation is 1. The molecular formula is C36H41ClFN11O. The van der Waals surface area contributed by atoms with Gasteiger partial charge in [-0.3, -0.25) is 9.98 Å². The van der Waals surface area contributed by atoms with Crippen molar-refractivity contribution in [3.63, 3.8) is 0 Å². The van der Waals surface area contributed by atoms with Gasteiger partial charge in [0.15, 0.2) is 11.8 Å². The van der Waals surface area contributed by atoms with Crippen LogP contribution in [0.25, 0.3) is 39.0 Å². The lowest BCUT2D eigenvalue weighted by molar-refractivity contribution is 0.493. The number of anilines is 1. The van der Waals surface area contributed by atoms with E-state index in [1.165, 1.54) is 4.57 Å². The lowest BCUT2D eigenvalue weighted by Gasteiger charge is -2.20. The van der Waals surface area contributed by atoms with Gasteiger partial charge in [-0.15, -0.1) is 0 Å². The summed E-state index contributed by atoms with van der Waals surface area (Å²) in [7, 11) is 0. The Morgan fingerprint density at radius 1 is 1.06 bits per heavy atom. The van der Waals surface area contributed by atoms with E-state index in [-0.39, 0.29) is 23.1 Å². The smallest absolute Gasteiger partial charge is 0.354 e. The molecule has 12 nitrogen and oxygen atoms in total. The molecule has 6 aromatic rings. The number of nitrogens with one attached hydrogen (secondary N) is 6. The lowest BCUT2D eigenvalue weighted by atomic mass is 10.0. The van der Waals surface area contributed by atoms with Crippen LogP contribution in [0.5, 0.6) is 0 Å². The summed E-state index contributed by atoms with van der Waals surface area (Å²) in [6, 6.07) is 20.8. The maximum Gasteiger partial charge on any atom is 0.354 e. The Bertz CT molecular complexity index is 2120. The number of hydrogen-bond donors (Lipinski definition) is 8. The third-order valence-electron chi connectivity index (χ3n) is 8.53. The Morgan fingerprint density at radius 2 is 1.86 bits per heavy atom. The maximum atomic E-state index is 15.2. The highest BCUT2D eigenvalue weighted by Crippen LogP contribution is 2.31. The Balaban J connectivity index is 1.14. The number of rotatable bonds is 15. The number of nitrogens with two attached hydrogens (primary N) is 2. The van der Waals surface area contributed by atoms with Gasteiger partial charge in [0.1, 0.15) is 5.65 Å². The van der Waals surface area contributed by atoms with Gasteiger partial charge in [-0.2, -0.15) is 4.98 Å². The molecule has 0 unspecified atom stereocenters. The molecule has 10 N–H and O–H groups in total. The first-order chi connectivity index (χ1) is 24.1. The number of halogens is 2. The van der Waals surface area contributed by atoms with E-state index in [1.54, 1.807) is 24.4 Å². The number of benzene rings is 3. The standard InChI is InChI=1S/C36H41ClFN11O/c1-21(39)5-4-6-23-15-27(32(38)28(37)16-23)31-17-24-20-49(36(50)48-33(24)45-31)26-11-9-22(10-12-26)18-43-25(13-14-42-34(40)41)19-44-35-46-29-7-2-3-8-30(29)47-35/h2-3,7-12,15-17,20-21,25,43H,4-6,13-14,18-19,39H2,1H3,(H4,40,41,42)(H2,44,46,47)(H,45,48,50)/t21-,25+/m0/s1. The van der Waals surface area contributed by atoms with Crippen molar-refractivity contribution in [2.75, 3.05) is 18.4 Å². The molecule has 0 spiro atoms. The lowest BCUT2D eigenvalue weighted by Crippen LogP contribution is -2.40. The molecule has 50 heavy (non-hydrogen) atoms. The number of fused-ring (bicyclic) bond motifs is 2. The van der Waals surface area contributed by atoms with Gasteiger partial charge < -0.3 is 37.4 Å². The second-order valence-corrected chi connectivity index (χ2v) is 13.0. The molecule has 0 saturated carbocycles. The van der Waals surface area contributed by atoms with E-state index >= 15 is 4.39 Å². The van der Waals surface area contributed by atoms with Crippen molar-refractivity contribution in [2.24, 2.45) is 11.5 Å². The monoisotopic (exact) mass is 697 g/mol. The highest BCUT2D eigenvalue weighted by atomic mass is 35.5. The molecular weight excluding hydrogens is 657 g/mol. The molecule has 260 valence electrons. The third kappa shape index (κ3) is 8.48. The summed E-state index contributed by atoms with van der Waals surface area (Å²) in [4.78, 5) is 28.3. The second kappa shape index (κ2) is 15.5. The van der Waals surface area contributed by atoms with Crippen molar-refractivity contribution in [3.8, 4) is 16.9 Å². The molecule has 0 bridgehead atoms. The van der Waals surface area contributed by atoms with Gasteiger partial charge in [-0.25, -0.2) is 14.2 Å². The SMILES string of the molecule is C[C@H](N)CCCc1cc(Cl)c(F)c(-c2cc3cn(-c4ccc(CN[C@H](CCNC(=N)N)CNc5nc6ccccc6[nH]5)cc4)c(=O)nc3[nH]2)c1. The topological polar surface area (TPSA) is 191 Å². The van der Waals surface area contributed by atoms with Crippen LogP contribution in [-0.4, -0.2) is 55.6 Å². The fourth-order valence-electron chi connectivity index (χ4n) is 5.89. The zero-order chi connectivity index (χ0) is 35.2. The van der Waals surface area contributed by atoms with E-state index in [0.29, 0.717) is 60.0 Å². The number of guanidine groups is 1. The van der Waals surface area contributed by atoms with Crippen LogP contribution in [-0.2, 0) is 13.0 Å². The molecule has 0 aliphatic heterocycles. The van der Waals surface area contributed by atoms with E-state index in [4.69, 9.17) is 28.5 Å². The number of aromatic nitrogens is 5. The third-order valence-corrected chi connectivity index (χ3v) is 8.81. The minimum Gasteiger partial charge on any atom is -0.370 e. The summed E-state index contributed by atoms with van der Waals surface area (Å²) in [5.41, 5.74) is 16.5. The van der Waals surface area contributed by atoms with E-state index < -0.39 is 11.5 Å². The van der Waals surface area contributed by atoms with Crippen LogP contribution in [0.3, 0.4) is 0 Å². The van der Waals surface area contributed by atoms with Crippen molar-refractivity contribution < 1.29 is 4.39 Å². The Labute approximate surface area is 293 Å². The van der Waals surface area contributed by atoms with Gasteiger partial charge in [0.05, 0.1) is 27.4 Å². The van der Waals surface area contributed by atoms with Crippen LogP contribution in [0, 0.1) is 11.2 Å². The van der Waals surface area contributed by atoms with Gasteiger partial charge in [-0.05, 0) is 86.2 Å². The van der Waals surface area contributed by atoms with Gasteiger partial charge in [-0.1, -0.05) is 35.9 Å². The summed E-state index contributed by atoms with van der Waals surface area (Å²) in [5.74, 6) is 0.0806. The zero-order valence-corrected chi connectivity index (χ0v) is 28.4. The molecule has 3 heterocycles. The quantitative estimate of drug-likeness (QED) is 0.0533. The number of para-hydroxylation sites is 2. The number of aromatic amines is 2. The van der Waals surface area contributed by atoms with Crippen molar-refractivity contribution in [1.82, 2.24) is 35.1 Å². The molecule has 3 aromatic carbocycles. The number of nitrogens with zero attached hydrogens (tertiary/aromatic N) is 3. The first-order valence-electron chi connectivity index (χ1n) is 16.6. The fourth-order valence-corrected chi connectivity index (χ4v) is 6.13. The molecule has 0 saturated heterocycles. The molecule has 3 aromatic heterocycles. The molecule has 14 heteroatoms. The highest BCUT2D eigenvalue weighted by molar-refractivity contribution is 6.31. The molecule has 0 fully saturated rings. The van der Waals surface area contributed by atoms with Crippen molar-refractivity contribution >= 4 is 45.6 Å². The number of hydrogen-bond acceptors (Lipinski definition) is 7. The maximum absolute atomic E-state index is 15.2. The first kappa shape index (κ1) is 34.6. The number of imidazole rings is 1.